The zero-order chi connectivity index (χ0) is 22.5. The Hall–Kier alpha value is -3.56. The lowest BCUT2D eigenvalue weighted by Crippen LogP contribution is -2.37. The number of hydrogen-bond donors (Lipinski definition) is 1. The highest BCUT2D eigenvalue weighted by atomic mass is 16.6. The fourth-order valence-corrected chi connectivity index (χ4v) is 3.89. The number of ether oxygens (including phenoxy) is 1. The number of rotatable bonds is 7. The van der Waals surface area contributed by atoms with E-state index >= 15 is 0 Å². The molecule has 32 heavy (non-hydrogen) atoms. The fourth-order valence-electron chi connectivity index (χ4n) is 3.89. The molecule has 4 rings (SSSR count). The van der Waals surface area contributed by atoms with Gasteiger partial charge in [-0.3, -0.25) is 24.8 Å². The van der Waals surface area contributed by atoms with Crippen LogP contribution in [0.15, 0.2) is 58.3 Å². The SMILES string of the molecule is O=c1c2ccccc2c(C=NCCCN2CCOCC2)c(O)n1-c1ccccc1[N+](=O)[O-]. The molecule has 1 aliphatic heterocycles. The molecule has 1 fully saturated rings. The van der Waals surface area contributed by atoms with Crippen molar-refractivity contribution in [1.82, 2.24) is 9.47 Å². The van der Waals surface area contributed by atoms with Crippen LogP contribution in [0.4, 0.5) is 5.69 Å². The van der Waals surface area contributed by atoms with Crippen LogP contribution < -0.4 is 5.56 Å². The van der Waals surface area contributed by atoms with Crippen LogP contribution in [-0.4, -0.2) is 65.1 Å². The number of morpholine rings is 1. The van der Waals surface area contributed by atoms with Crippen molar-refractivity contribution in [1.29, 1.82) is 0 Å². The van der Waals surface area contributed by atoms with Crippen molar-refractivity contribution in [3.8, 4) is 11.6 Å². The molecule has 0 amide bonds. The molecule has 3 aromatic rings. The minimum Gasteiger partial charge on any atom is -0.494 e. The minimum absolute atomic E-state index is 0.00715. The summed E-state index contributed by atoms with van der Waals surface area (Å²) in [6.45, 7) is 4.78. The first-order chi connectivity index (χ1) is 15.6. The van der Waals surface area contributed by atoms with Gasteiger partial charge in [-0.15, -0.1) is 0 Å². The number of aliphatic imine (C=N–C) groups is 1. The smallest absolute Gasteiger partial charge is 0.293 e. The second kappa shape index (κ2) is 9.71. The highest BCUT2D eigenvalue weighted by Gasteiger charge is 2.22. The molecule has 2 aromatic carbocycles. The summed E-state index contributed by atoms with van der Waals surface area (Å²) in [5.41, 5.74) is -0.442. The summed E-state index contributed by atoms with van der Waals surface area (Å²) in [7, 11) is 0. The molecule has 2 heterocycles. The Morgan fingerprint density at radius 2 is 1.78 bits per heavy atom. The van der Waals surface area contributed by atoms with E-state index in [1.165, 1.54) is 18.2 Å². The van der Waals surface area contributed by atoms with Gasteiger partial charge in [0.1, 0.15) is 5.69 Å². The Balaban J connectivity index is 1.70. The van der Waals surface area contributed by atoms with Crippen molar-refractivity contribution >= 4 is 22.7 Å². The molecule has 0 bridgehead atoms. The Labute approximate surface area is 184 Å². The molecule has 0 aliphatic carbocycles. The zero-order valence-corrected chi connectivity index (χ0v) is 17.5. The first-order valence-electron chi connectivity index (χ1n) is 10.5. The monoisotopic (exact) mass is 436 g/mol. The molecular formula is C23H24N4O5. The van der Waals surface area contributed by atoms with Crippen molar-refractivity contribution < 1.29 is 14.8 Å². The average molecular weight is 436 g/mol. The molecule has 0 saturated carbocycles. The van der Waals surface area contributed by atoms with Gasteiger partial charge in [-0.05, 0) is 18.6 Å². The minimum atomic E-state index is -0.574. The van der Waals surface area contributed by atoms with E-state index in [-0.39, 0.29) is 17.3 Å². The molecule has 9 heteroatoms. The van der Waals surface area contributed by atoms with Crippen molar-refractivity contribution in [2.45, 2.75) is 6.42 Å². The number of para-hydroxylation sites is 2. The number of aromatic nitrogens is 1. The lowest BCUT2D eigenvalue weighted by molar-refractivity contribution is -0.384. The maximum atomic E-state index is 13.1. The van der Waals surface area contributed by atoms with E-state index in [0.717, 1.165) is 43.8 Å². The highest BCUT2D eigenvalue weighted by molar-refractivity contribution is 6.01. The molecule has 166 valence electrons. The molecule has 1 aliphatic rings. The van der Waals surface area contributed by atoms with Gasteiger partial charge in [-0.2, -0.15) is 0 Å². The second-order valence-electron chi connectivity index (χ2n) is 7.51. The number of nitro benzene ring substituents is 1. The van der Waals surface area contributed by atoms with E-state index in [2.05, 4.69) is 9.89 Å². The van der Waals surface area contributed by atoms with Gasteiger partial charge in [0.15, 0.2) is 0 Å². The third kappa shape index (κ3) is 4.39. The van der Waals surface area contributed by atoms with E-state index < -0.39 is 10.5 Å². The number of aromatic hydroxyl groups is 1. The summed E-state index contributed by atoms with van der Waals surface area (Å²) in [5, 5.41) is 23.4. The van der Waals surface area contributed by atoms with Crippen molar-refractivity contribution in [3.63, 3.8) is 0 Å². The number of hydrogen-bond acceptors (Lipinski definition) is 7. The standard InChI is InChI=1S/C23H24N4O5/c28-22-18-7-2-1-6-17(18)19(16-24-10-5-11-25-12-14-32-15-13-25)23(29)26(22)20-8-3-4-9-21(20)27(30)31/h1-4,6-9,16,29H,5,10-15H2. The summed E-state index contributed by atoms with van der Waals surface area (Å²) < 4.78 is 6.33. The largest absolute Gasteiger partial charge is 0.494 e. The topological polar surface area (TPSA) is 110 Å². The maximum absolute atomic E-state index is 13.1. The van der Waals surface area contributed by atoms with Gasteiger partial charge in [0.05, 0.1) is 23.7 Å². The van der Waals surface area contributed by atoms with Crippen LogP contribution in [0.2, 0.25) is 0 Å². The van der Waals surface area contributed by atoms with Gasteiger partial charge in [-0.1, -0.05) is 30.3 Å². The average Bonchev–Trinajstić information content (AvgIpc) is 2.82. The predicted molar refractivity (Wildman–Crippen MR) is 122 cm³/mol. The number of fused-ring (bicyclic) bond motifs is 1. The van der Waals surface area contributed by atoms with Gasteiger partial charge in [0, 0.05) is 49.2 Å². The van der Waals surface area contributed by atoms with Crippen LogP contribution in [0.5, 0.6) is 5.88 Å². The lowest BCUT2D eigenvalue weighted by atomic mass is 10.1. The predicted octanol–water partition coefficient (Wildman–Crippen LogP) is 2.75. The molecule has 0 spiro atoms. The van der Waals surface area contributed by atoms with E-state index in [4.69, 9.17) is 4.74 Å². The van der Waals surface area contributed by atoms with E-state index in [1.807, 2.05) is 0 Å². The highest BCUT2D eigenvalue weighted by Crippen LogP contribution is 2.29. The van der Waals surface area contributed by atoms with Gasteiger partial charge in [0.2, 0.25) is 5.88 Å². The molecule has 1 saturated heterocycles. The van der Waals surface area contributed by atoms with Crippen LogP contribution >= 0.6 is 0 Å². The summed E-state index contributed by atoms with van der Waals surface area (Å²) in [5.74, 6) is -0.375. The van der Waals surface area contributed by atoms with Gasteiger partial charge >= 0.3 is 0 Å². The molecule has 1 aromatic heterocycles. The third-order valence-electron chi connectivity index (χ3n) is 5.51. The van der Waals surface area contributed by atoms with E-state index in [0.29, 0.717) is 22.9 Å². The quantitative estimate of drug-likeness (QED) is 0.264. The number of nitrogens with zero attached hydrogens (tertiary/aromatic N) is 4. The van der Waals surface area contributed by atoms with E-state index in [1.54, 1.807) is 36.5 Å². The Kier molecular flexibility index (Phi) is 6.58. The molecule has 0 radical (unpaired) electrons. The van der Waals surface area contributed by atoms with Crippen LogP contribution in [0, 0.1) is 10.1 Å². The van der Waals surface area contributed by atoms with Crippen LogP contribution in [-0.2, 0) is 4.74 Å². The molecule has 9 nitrogen and oxygen atoms in total. The maximum Gasteiger partial charge on any atom is 0.293 e. The van der Waals surface area contributed by atoms with Gasteiger partial charge in [-0.25, -0.2) is 4.57 Å². The van der Waals surface area contributed by atoms with Crippen molar-refractivity contribution in [3.05, 3.63) is 74.6 Å². The summed E-state index contributed by atoms with van der Waals surface area (Å²) in [6, 6.07) is 12.7. The number of benzene rings is 2. The first-order valence-corrected chi connectivity index (χ1v) is 10.5. The van der Waals surface area contributed by atoms with Crippen LogP contribution in [0.3, 0.4) is 0 Å². The Morgan fingerprint density at radius 1 is 1.09 bits per heavy atom. The Bertz CT molecular complexity index is 1210. The molecule has 1 N–H and O–H groups in total. The van der Waals surface area contributed by atoms with E-state index in [9.17, 15) is 20.0 Å². The van der Waals surface area contributed by atoms with Crippen molar-refractivity contribution in [2.75, 3.05) is 39.4 Å². The van der Waals surface area contributed by atoms with Crippen LogP contribution in [0.25, 0.3) is 16.5 Å². The normalized spacial score (nSPS) is 14.9. The van der Waals surface area contributed by atoms with Crippen molar-refractivity contribution in [2.24, 2.45) is 4.99 Å². The second-order valence-corrected chi connectivity index (χ2v) is 7.51. The number of nitro groups is 1. The molecule has 0 atom stereocenters. The lowest BCUT2D eigenvalue weighted by Gasteiger charge is -2.26. The fraction of sp³-hybridized carbons (Fsp3) is 0.304. The first kappa shape index (κ1) is 21.7. The third-order valence-corrected chi connectivity index (χ3v) is 5.51. The Morgan fingerprint density at radius 3 is 2.53 bits per heavy atom. The summed E-state index contributed by atoms with van der Waals surface area (Å²) in [4.78, 5) is 30.9. The summed E-state index contributed by atoms with van der Waals surface area (Å²) >= 11 is 0. The number of pyridine rings is 1. The summed E-state index contributed by atoms with van der Waals surface area (Å²) in [6.07, 6.45) is 2.39. The van der Waals surface area contributed by atoms with Gasteiger partial charge in [0.25, 0.3) is 11.2 Å². The molecular weight excluding hydrogens is 412 g/mol. The zero-order valence-electron chi connectivity index (χ0n) is 17.5. The van der Waals surface area contributed by atoms with Gasteiger partial charge < -0.3 is 9.84 Å². The molecule has 0 unspecified atom stereocenters. The van der Waals surface area contributed by atoms with Crippen LogP contribution in [0.1, 0.15) is 12.0 Å².